The van der Waals surface area contributed by atoms with Gasteiger partial charge >= 0.3 is 18.0 Å². The van der Waals surface area contributed by atoms with Gasteiger partial charge in [0, 0.05) is 13.7 Å². The molecule has 0 rings (SSSR count). The number of amides is 1. The number of carboxylic acid groups (broad SMARTS) is 1. The first-order chi connectivity index (χ1) is 12.0. The number of esters is 1. The van der Waals surface area contributed by atoms with Gasteiger partial charge in [-0.25, -0.2) is 9.59 Å². The van der Waals surface area contributed by atoms with Crippen LogP contribution in [0.2, 0.25) is 0 Å². The largest absolute Gasteiger partial charge is 0.481 e. The van der Waals surface area contributed by atoms with Crippen molar-refractivity contribution >= 4 is 18.0 Å². The standard InChI is InChI=1S/C18H33NO7/c1-7-12(2)15(19-17(23)26-18(3,4)5)16(22)25-13(11-14(20)21)9-8-10-24-6/h12-13,15H,7-11H2,1-6H3,(H,19,23)(H,20,21)/t12-,13+,15+/m0/s1. The minimum absolute atomic E-state index is 0.195. The van der Waals surface area contributed by atoms with Crippen LogP contribution in [-0.2, 0) is 23.8 Å². The van der Waals surface area contributed by atoms with E-state index in [0.717, 1.165) is 0 Å². The second-order valence-electron chi connectivity index (χ2n) is 7.30. The number of nitrogens with one attached hydrogen (secondary N) is 1. The molecule has 0 aliphatic carbocycles. The number of carbonyl (C=O) groups is 3. The molecule has 0 unspecified atom stereocenters. The second kappa shape index (κ2) is 11.7. The molecule has 0 aromatic heterocycles. The summed E-state index contributed by atoms with van der Waals surface area (Å²) in [5.41, 5.74) is -0.694. The van der Waals surface area contributed by atoms with Crippen LogP contribution in [0.4, 0.5) is 4.79 Å². The molecule has 0 aromatic carbocycles. The first kappa shape index (κ1) is 24.2. The number of ether oxygens (including phenoxy) is 3. The van der Waals surface area contributed by atoms with Gasteiger partial charge in [0.2, 0.25) is 0 Å². The van der Waals surface area contributed by atoms with E-state index in [1.807, 2.05) is 6.92 Å². The van der Waals surface area contributed by atoms with Crippen LogP contribution in [0.1, 0.15) is 60.3 Å². The van der Waals surface area contributed by atoms with Crippen molar-refractivity contribution in [2.75, 3.05) is 13.7 Å². The second-order valence-corrected chi connectivity index (χ2v) is 7.30. The molecule has 0 aromatic rings. The SMILES string of the molecule is CC[C@H](C)[C@@H](NC(=O)OC(C)(C)C)C(=O)O[C@H](CCCOC)CC(=O)O. The Morgan fingerprint density at radius 1 is 1.19 bits per heavy atom. The van der Waals surface area contributed by atoms with Gasteiger partial charge in [0.1, 0.15) is 17.7 Å². The van der Waals surface area contributed by atoms with Gasteiger partial charge in [-0.3, -0.25) is 4.79 Å². The van der Waals surface area contributed by atoms with Crippen molar-refractivity contribution < 1.29 is 33.7 Å². The Balaban J connectivity index is 5.01. The maximum absolute atomic E-state index is 12.6. The van der Waals surface area contributed by atoms with E-state index in [9.17, 15) is 14.4 Å². The summed E-state index contributed by atoms with van der Waals surface area (Å²) in [7, 11) is 1.54. The molecule has 0 bridgehead atoms. The quantitative estimate of drug-likeness (QED) is 0.422. The third kappa shape index (κ3) is 10.9. The molecule has 0 heterocycles. The number of carboxylic acids is 1. The first-order valence-corrected chi connectivity index (χ1v) is 8.90. The molecule has 8 nitrogen and oxygen atoms in total. The zero-order valence-corrected chi connectivity index (χ0v) is 16.7. The molecule has 8 heteroatoms. The molecule has 1 amide bonds. The molecule has 0 aliphatic rings. The number of alkyl carbamates (subject to hydrolysis) is 1. The third-order valence-electron chi connectivity index (χ3n) is 3.70. The molecule has 0 radical (unpaired) electrons. The lowest BCUT2D eigenvalue weighted by Crippen LogP contribution is -2.48. The van der Waals surface area contributed by atoms with Crippen molar-refractivity contribution in [2.24, 2.45) is 5.92 Å². The average molecular weight is 375 g/mol. The minimum atomic E-state index is -1.06. The van der Waals surface area contributed by atoms with Crippen LogP contribution < -0.4 is 5.32 Å². The Morgan fingerprint density at radius 2 is 1.81 bits per heavy atom. The zero-order chi connectivity index (χ0) is 20.3. The summed E-state index contributed by atoms with van der Waals surface area (Å²) in [5.74, 6) is -1.91. The van der Waals surface area contributed by atoms with Gasteiger partial charge in [0.25, 0.3) is 0 Å². The summed E-state index contributed by atoms with van der Waals surface area (Å²) >= 11 is 0. The summed E-state index contributed by atoms with van der Waals surface area (Å²) in [6, 6.07) is -0.909. The van der Waals surface area contributed by atoms with Crippen molar-refractivity contribution in [3.63, 3.8) is 0 Å². The molecule has 0 aliphatic heterocycles. The van der Waals surface area contributed by atoms with Gasteiger partial charge in [0.15, 0.2) is 0 Å². The van der Waals surface area contributed by atoms with E-state index >= 15 is 0 Å². The van der Waals surface area contributed by atoms with Gasteiger partial charge in [-0.2, -0.15) is 0 Å². The highest BCUT2D eigenvalue weighted by atomic mass is 16.6. The normalized spacial score (nSPS) is 14.8. The van der Waals surface area contributed by atoms with Crippen LogP contribution in [0.5, 0.6) is 0 Å². The highest BCUT2D eigenvalue weighted by Crippen LogP contribution is 2.15. The van der Waals surface area contributed by atoms with Crippen molar-refractivity contribution in [1.29, 1.82) is 0 Å². The molecule has 0 spiro atoms. The molecule has 3 atom stereocenters. The Hall–Kier alpha value is -1.83. The van der Waals surface area contributed by atoms with Crippen molar-refractivity contribution in [3.05, 3.63) is 0 Å². The average Bonchev–Trinajstić information content (AvgIpc) is 2.49. The van der Waals surface area contributed by atoms with E-state index < -0.39 is 35.8 Å². The summed E-state index contributed by atoms with van der Waals surface area (Å²) in [6.07, 6.45) is -0.227. The molecule has 2 N–H and O–H groups in total. The lowest BCUT2D eigenvalue weighted by atomic mass is 9.99. The Labute approximate surface area is 155 Å². The smallest absolute Gasteiger partial charge is 0.408 e. The number of aliphatic carboxylic acids is 1. The van der Waals surface area contributed by atoms with E-state index in [2.05, 4.69) is 5.32 Å². The minimum Gasteiger partial charge on any atom is -0.481 e. The summed E-state index contributed by atoms with van der Waals surface area (Å²) < 4.78 is 15.5. The van der Waals surface area contributed by atoms with E-state index in [0.29, 0.717) is 25.9 Å². The van der Waals surface area contributed by atoms with Crippen LogP contribution in [0, 0.1) is 5.92 Å². The first-order valence-electron chi connectivity index (χ1n) is 8.90. The van der Waals surface area contributed by atoms with Crippen molar-refractivity contribution in [1.82, 2.24) is 5.32 Å². The van der Waals surface area contributed by atoms with Gasteiger partial charge in [-0.05, 0) is 39.5 Å². The monoisotopic (exact) mass is 375 g/mol. The van der Waals surface area contributed by atoms with Gasteiger partial charge in [-0.1, -0.05) is 20.3 Å². The van der Waals surface area contributed by atoms with E-state index in [1.165, 1.54) is 0 Å². The molecular formula is C18H33NO7. The predicted molar refractivity (Wildman–Crippen MR) is 95.9 cm³/mol. The molecule has 0 fully saturated rings. The summed E-state index contributed by atoms with van der Waals surface area (Å²) in [4.78, 5) is 35.6. The molecule has 152 valence electrons. The highest BCUT2D eigenvalue weighted by molar-refractivity contribution is 5.82. The van der Waals surface area contributed by atoms with E-state index in [4.69, 9.17) is 19.3 Å². The number of hydrogen-bond donors (Lipinski definition) is 2. The summed E-state index contributed by atoms with van der Waals surface area (Å²) in [6.45, 7) is 9.31. The van der Waals surface area contributed by atoms with Crippen LogP contribution in [0.15, 0.2) is 0 Å². The maximum Gasteiger partial charge on any atom is 0.408 e. The lowest BCUT2D eigenvalue weighted by Gasteiger charge is -2.27. The highest BCUT2D eigenvalue weighted by Gasteiger charge is 2.31. The zero-order valence-electron chi connectivity index (χ0n) is 16.7. The van der Waals surface area contributed by atoms with Gasteiger partial charge in [-0.15, -0.1) is 0 Å². The fourth-order valence-corrected chi connectivity index (χ4v) is 2.19. The Bertz CT molecular complexity index is 459. The fraction of sp³-hybridized carbons (Fsp3) is 0.833. The fourth-order valence-electron chi connectivity index (χ4n) is 2.19. The lowest BCUT2D eigenvalue weighted by molar-refractivity contribution is -0.156. The van der Waals surface area contributed by atoms with Crippen LogP contribution in [-0.4, -0.2) is 54.6 Å². The molecular weight excluding hydrogens is 342 g/mol. The van der Waals surface area contributed by atoms with E-state index in [-0.39, 0.29) is 12.3 Å². The molecule has 0 saturated carbocycles. The van der Waals surface area contributed by atoms with Gasteiger partial charge in [0.05, 0.1) is 6.42 Å². The Kier molecular flexibility index (Phi) is 10.9. The van der Waals surface area contributed by atoms with Crippen LogP contribution >= 0.6 is 0 Å². The third-order valence-corrected chi connectivity index (χ3v) is 3.70. The number of hydrogen-bond acceptors (Lipinski definition) is 6. The summed E-state index contributed by atoms with van der Waals surface area (Å²) in [5, 5.41) is 11.6. The van der Waals surface area contributed by atoms with Crippen LogP contribution in [0.3, 0.4) is 0 Å². The van der Waals surface area contributed by atoms with Crippen molar-refractivity contribution in [3.8, 4) is 0 Å². The predicted octanol–water partition coefficient (Wildman–Crippen LogP) is 2.74. The van der Waals surface area contributed by atoms with E-state index in [1.54, 1.807) is 34.8 Å². The Morgan fingerprint density at radius 3 is 2.27 bits per heavy atom. The number of rotatable bonds is 11. The van der Waals surface area contributed by atoms with Gasteiger partial charge < -0.3 is 24.6 Å². The number of carbonyl (C=O) groups excluding carboxylic acids is 2. The van der Waals surface area contributed by atoms with Crippen LogP contribution in [0.25, 0.3) is 0 Å². The topological polar surface area (TPSA) is 111 Å². The molecule has 26 heavy (non-hydrogen) atoms. The van der Waals surface area contributed by atoms with Crippen molar-refractivity contribution in [2.45, 2.75) is 78.0 Å². The molecule has 0 saturated heterocycles. The number of methoxy groups -OCH3 is 1. The maximum atomic E-state index is 12.6.